The van der Waals surface area contributed by atoms with Crippen molar-refractivity contribution in [3.8, 4) is 0 Å². The maximum atomic E-state index is 6.46. The number of alkyl halides is 2. The lowest BCUT2D eigenvalue weighted by Crippen LogP contribution is -2.42. The van der Waals surface area contributed by atoms with Crippen LogP contribution in [-0.2, 0) is 0 Å². The molecule has 3 fully saturated rings. The average Bonchev–Trinajstić information content (AvgIpc) is 2.49. The highest BCUT2D eigenvalue weighted by Crippen LogP contribution is 2.49. The van der Waals surface area contributed by atoms with Crippen molar-refractivity contribution in [1.82, 2.24) is 0 Å². The number of aliphatic imine (C=N–C) groups is 1. The summed E-state index contributed by atoms with van der Waals surface area (Å²) in [7, 11) is 1.99. The van der Waals surface area contributed by atoms with E-state index in [9.17, 15) is 0 Å². The second-order valence-corrected chi connectivity index (χ2v) is 8.20. The smallest absolute Gasteiger partial charge is 0.0502 e. The average molecular weight is 316 g/mol. The summed E-state index contributed by atoms with van der Waals surface area (Å²) in [5, 5.41) is 0.394. The number of fused-ring (bicyclic) bond motifs is 1. The first-order valence-corrected chi connectivity index (χ1v) is 9.31. The van der Waals surface area contributed by atoms with Gasteiger partial charge in [0.25, 0.3) is 0 Å². The summed E-state index contributed by atoms with van der Waals surface area (Å²) in [5.74, 6) is 3.37. The Morgan fingerprint density at radius 2 is 1.70 bits per heavy atom. The van der Waals surface area contributed by atoms with Gasteiger partial charge in [0.2, 0.25) is 0 Å². The molecule has 3 heteroatoms. The van der Waals surface area contributed by atoms with Gasteiger partial charge in [-0.1, -0.05) is 12.8 Å². The Morgan fingerprint density at radius 1 is 0.900 bits per heavy atom. The molecule has 0 bridgehead atoms. The highest BCUT2D eigenvalue weighted by molar-refractivity contribution is 6.30. The molecule has 0 spiro atoms. The minimum absolute atomic E-state index is 0.193. The van der Waals surface area contributed by atoms with Gasteiger partial charge in [0, 0.05) is 18.1 Å². The van der Waals surface area contributed by atoms with Crippen LogP contribution in [0.2, 0.25) is 0 Å². The van der Waals surface area contributed by atoms with Gasteiger partial charge >= 0.3 is 0 Å². The van der Waals surface area contributed by atoms with Crippen molar-refractivity contribution >= 4 is 28.9 Å². The maximum Gasteiger partial charge on any atom is 0.0502 e. The molecule has 3 aliphatic carbocycles. The molecular weight excluding hydrogens is 289 g/mol. The Kier molecular flexibility index (Phi) is 4.98. The van der Waals surface area contributed by atoms with E-state index in [0.29, 0.717) is 0 Å². The Labute approximate surface area is 133 Å². The van der Waals surface area contributed by atoms with Crippen molar-refractivity contribution < 1.29 is 0 Å². The molecule has 3 saturated carbocycles. The standard InChI is InChI=1S/C17H27Cl2N/c1-20-17-9-7-12(13-4-2-3-5-14(13)17)11-6-8-15(18)16(19)10-11/h11-16H,2-10H2,1H3/t11?,12-,13?,14?,15?,16?/m1/s1. The molecule has 1 nitrogen and oxygen atoms in total. The van der Waals surface area contributed by atoms with Gasteiger partial charge in [-0.15, -0.1) is 23.2 Å². The molecule has 6 atom stereocenters. The van der Waals surface area contributed by atoms with Crippen LogP contribution in [0.4, 0.5) is 0 Å². The fourth-order valence-electron chi connectivity index (χ4n) is 5.16. The molecule has 5 unspecified atom stereocenters. The summed E-state index contributed by atoms with van der Waals surface area (Å²) in [6, 6.07) is 0. The van der Waals surface area contributed by atoms with E-state index in [0.717, 1.165) is 36.5 Å². The predicted molar refractivity (Wildman–Crippen MR) is 88.2 cm³/mol. The van der Waals surface area contributed by atoms with E-state index in [4.69, 9.17) is 23.2 Å². The molecule has 0 aromatic rings. The summed E-state index contributed by atoms with van der Waals surface area (Å²) in [6.07, 6.45) is 11.7. The molecule has 114 valence electrons. The lowest BCUT2D eigenvalue weighted by molar-refractivity contribution is 0.102. The topological polar surface area (TPSA) is 12.4 Å². The van der Waals surface area contributed by atoms with Crippen molar-refractivity contribution in [3.05, 3.63) is 0 Å². The summed E-state index contributed by atoms with van der Waals surface area (Å²) in [6.45, 7) is 0. The van der Waals surface area contributed by atoms with E-state index in [1.807, 2.05) is 7.05 Å². The Morgan fingerprint density at radius 3 is 2.45 bits per heavy atom. The van der Waals surface area contributed by atoms with E-state index in [1.165, 1.54) is 50.7 Å². The zero-order chi connectivity index (χ0) is 14.1. The zero-order valence-corrected chi connectivity index (χ0v) is 14.0. The van der Waals surface area contributed by atoms with Crippen LogP contribution in [0.1, 0.15) is 57.8 Å². The van der Waals surface area contributed by atoms with Crippen LogP contribution in [0.15, 0.2) is 4.99 Å². The minimum atomic E-state index is 0.193. The SMILES string of the molecule is CN=C1CC[C@H](C2CCC(Cl)C(Cl)C2)C2CCCCC12. The Hall–Kier alpha value is 0.250. The van der Waals surface area contributed by atoms with E-state index >= 15 is 0 Å². The monoisotopic (exact) mass is 315 g/mol. The number of hydrogen-bond acceptors (Lipinski definition) is 1. The second kappa shape index (κ2) is 6.57. The number of hydrogen-bond donors (Lipinski definition) is 0. The highest BCUT2D eigenvalue weighted by atomic mass is 35.5. The van der Waals surface area contributed by atoms with Crippen LogP contribution in [0.5, 0.6) is 0 Å². The minimum Gasteiger partial charge on any atom is -0.297 e. The van der Waals surface area contributed by atoms with Crippen molar-refractivity contribution in [2.75, 3.05) is 7.05 Å². The summed E-state index contributed by atoms with van der Waals surface area (Å²) >= 11 is 12.8. The molecular formula is C17H27Cl2N. The molecule has 0 aromatic heterocycles. The van der Waals surface area contributed by atoms with Gasteiger partial charge < -0.3 is 0 Å². The number of rotatable bonds is 1. The first-order valence-electron chi connectivity index (χ1n) is 8.44. The van der Waals surface area contributed by atoms with Crippen LogP contribution in [0.3, 0.4) is 0 Å². The van der Waals surface area contributed by atoms with Gasteiger partial charge in [-0.2, -0.15) is 0 Å². The fourth-order valence-corrected chi connectivity index (χ4v) is 5.74. The van der Waals surface area contributed by atoms with E-state index < -0.39 is 0 Å². The van der Waals surface area contributed by atoms with Gasteiger partial charge in [0.05, 0.1) is 5.38 Å². The molecule has 0 heterocycles. The summed E-state index contributed by atoms with van der Waals surface area (Å²) in [5.41, 5.74) is 1.51. The third kappa shape index (κ3) is 2.90. The summed E-state index contributed by atoms with van der Waals surface area (Å²) < 4.78 is 0. The van der Waals surface area contributed by atoms with Crippen molar-refractivity contribution in [1.29, 1.82) is 0 Å². The van der Waals surface area contributed by atoms with Gasteiger partial charge in [-0.3, -0.25) is 4.99 Å². The van der Waals surface area contributed by atoms with E-state index in [-0.39, 0.29) is 10.8 Å². The zero-order valence-electron chi connectivity index (χ0n) is 12.5. The van der Waals surface area contributed by atoms with Crippen molar-refractivity contribution in [2.45, 2.75) is 68.5 Å². The highest BCUT2D eigenvalue weighted by Gasteiger charge is 2.43. The summed E-state index contributed by atoms with van der Waals surface area (Å²) in [4.78, 5) is 4.61. The van der Waals surface area contributed by atoms with Gasteiger partial charge in [-0.25, -0.2) is 0 Å². The second-order valence-electron chi connectivity index (χ2n) is 7.08. The van der Waals surface area contributed by atoms with Crippen molar-refractivity contribution in [2.24, 2.45) is 28.7 Å². The molecule has 0 radical (unpaired) electrons. The number of nitrogens with zero attached hydrogens (tertiary/aromatic N) is 1. The third-order valence-electron chi connectivity index (χ3n) is 6.16. The Balaban J connectivity index is 1.73. The lowest BCUT2D eigenvalue weighted by Gasteiger charge is -2.47. The quantitative estimate of drug-likeness (QED) is 0.583. The number of halogens is 2. The molecule has 20 heavy (non-hydrogen) atoms. The normalized spacial score (nSPS) is 48.0. The molecule has 3 aliphatic rings. The molecule has 0 aliphatic heterocycles. The van der Waals surface area contributed by atoms with Crippen LogP contribution in [-0.4, -0.2) is 23.5 Å². The first kappa shape index (κ1) is 15.2. The first-order chi connectivity index (χ1) is 9.70. The van der Waals surface area contributed by atoms with Crippen LogP contribution >= 0.6 is 23.2 Å². The molecule has 0 aromatic carbocycles. The molecule has 0 amide bonds. The van der Waals surface area contributed by atoms with E-state index in [1.54, 1.807) is 0 Å². The van der Waals surface area contributed by atoms with Gasteiger partial charge in [0.1, 0.15) is 0 Å². The van der Waals surface area contributed by atoms with Crippen LogP contribution in [0, 0.1) is 23.7 Å². The van der Waals surface area contributed by atoms with Crippen LogP contribution < -0.4 is 0 Å². The van der Waals surface area contributed by atoms with Crippen LogP contribution in [0.25, 0.3) is 0 Å². The fraction of sp³-hybridized carbons (Fsp3) is 0.941. The largest absolute Gasteiger partial charge is 0.297 e. The predicted octanol–water partition coefficient (Wildman–Crippen LogP) is 5.29. The van der Waals surface area contributed by atoms with Crippen molar-refractivity contribution in [3.63, 3.8) is 0 Å². The van der Waals surface area contributed by atoms with E-state index in [2.05, 4.69) is 4.99 Å². The molecule has 0 saturated heterocycles. The molecule has 0 N–H and O–H groups in total. The third-order valence-corrected chi connectivity index (χ3v) is 7.29. The maximum absolute atomic E-state index is 6.46. The lowest BCUT2D eigenvalue weighted by atomic mass is 9.59. The van der Waals surface area contributed by atoms with Gasteiger partial charge in [-0.05, 0) is 68.6 Å². The Bertz CT molecular complexity index is 368. The molecule has 3 rings (SSSR count). The van der Waals surface area contributed by atoms with Gasteiger partial charge in [0.15, 0.2) is 0 Å².